The summed E-state index contributed by atoms with van der Waals surface area (Å²) in [6, 6.07) is 12.7. The van der Waals surface area contributed by atoms with Crippen molar-refractivity contribution < 1.29 is 8.78 Å². The van der Waals surface area contributed by atoms with E-state index in [1.165, 1.54) is 18.5 Å². The second kappa shape index (κ2) is 6.23. The lowest BCUT2D eigenvalue weighted by Crippen LogP contribution is -1.85. The van der Waals surface area contributed by atoms with Gasteiger partial charge in [0.25, 0.3) is 0 Å². The largest absolute Gasteiger partial charge is 0.207 e. The van der Waals surface area contributed by atoms with Gasteiger partial charge in [0.2, 0.25) is 0 Å². The molecule has 0 atom stereocenters. The van der Waals surface area contributed by atoms with E-state index in [0.29, 0.717) is 5.56 Å². The standard InChI is InChI=1S/C12H8F2.CH3Cl/c13-10-6-7-11(12(14)8-10)9-4-2-1-3-5-9;1-2/h1-8H;1H3. The van der Waals surface area contributed by atoms with E-state index in [0.717, 1.165) is 11.6 Å². The second-order valence-electron chi connectivity index (χ2n) is 2.99. The molecule has 0 aliphatic heterocycles. The molecule has 16 heavy (non-hydrogen) atoms. The highest BCUT2D eigenvalue weighted by molar-refractivity contribution is 6.15. The Hall–Kier alpha value is -1.41. The molecule has 3 heteroatoms. The first-order valence-corrected chi connectivity index (χ1v) is 5.41. The molecule has 0 fully saturated rings. The van der Waals surface area contributed by atoms with E-state index < -0.39 is 11.6 Å². The molecule has 2 rings (SSSR count). The maximum Gasteiger partial charge on any atom is 0.133 e. The lowest BCUT2D eigenvalue weighted by atomic mass is 10.1. The number of halogens is 3. The van der Waals surface area contributed by atoms with Crippen molar-refractivity contribution in [3.63, 3.8) is 0 Å². The van der Waals surface area contributed by atoms with Gasteiger partial charge in [0.1, 0.15) is 11.6 Å². The molecule has 0 radical (unpaired) electrons. The van der Waals surface area contributed by atoms with Gasteiger partial charge in [-0.15, -0.1) is 11.6 Å². The molecule has 0 bridgehead atoms. The average molecular weight is 241 g/mol. The fraction of sp³-hybridized carbons (Fsp3) is 0.0769. The molecule has 0 aromatic heterocycles. The highest BCUT2D eigenvalue weighted by atomic mass is 35.5. The highest BCUT2D eigenvalue weighted by Crippen LogP contribution is 2.22. The first-order valence-electron chi connectivity index (χ1n) is 4.65. The Morgan fingerprint density at radius 2 is 1.50 bits per heavy atom. The van der Waals surface area contributed by atoms with Crippen LogP contribution in [0.1, 0.15) is 0 Å². The van der Waals surface area contributed by atoms with Gasteiger partial charge < -0.3 is 0 Å². The fourth-order valence-electron chi connectivity index (χ4n) is 1.34. The Kier molecular flexibility index (Phi) is 4.93. The minimum atomic E-state index is -0.554. The summed E-state index contributed by atoms with van der Waals surface area (Å²) in [5.74, 6) is -1.08. The van der Waals surface area contributed by atoms with Crippen LogP contribution in [0, 0.1) is 11.6 Å². The number of benzene rings is 2. The Balaban J connectivity index is 0.000000606. The molecule has 0 nitrogen and oxygen atoms in total. The first kappa shape index (κ1) is 12.7. The molecule has 0 saturated carbocycles. The van der Waals surface area contributed by atoms with Gasteiger partial charge in [-0.05, 0) is 17.7 Å². The van der Waals surface area contributed by atoms with E-state index in [9.17, 15) is 8.78 Å². The Morgan fingerprint density at radius 1 is 0.875 bits per heavy atom. The molecule has 2 aromatic carbocycles. The zero-order valence-electron chi connectivity index (χ0n) is 8.75. The molecule has 0 aliphatic rings. The number of alkyl halides is 1. The normalized spacial score (nSPS) is 9.25. The fourth-order valence-corrected chi connectivity index (χ4v) is 1.34. The first-order chi connectivity index (χ1) is 7.77. The van der Waals surface area contributed by atoms with Crippen molar-refractivity contribution in [2.45, 2.75) is 0 Å². The van der Waals surface area contributed by atoms with Gasteiger partial charge in [0.15, 0.2) is 0 Å². The van der Waals surface area contributed by atoms with E-state index >= 15 is 0 Å². The summed E-state index contributed by atoms with van der Waals surface area (Å²) < 4.78 is 25.9. The second-order valence-corrected chi connectivity index (χ2v) is 2.99. The van der Waals surface area contributed by atoms with Crippen LogP contribution in [0.25, 0.3) is 11.1 Å². The molecule has 84 valence electrons. The minimum absolute atomic E-state index is 0.423. The molecule has 0 spiro atoms. The predicted octanol–water partition coefficient (Wildman–Crippen LogP) is 4.49. The maximum atomic E-state index is 13.3. The summed E-state index contributed by atoms with van der Waals surface area (Å²) in [4.78, 5) is 0. The van der Waals surface area contributed by atoms with Crippen molar-refractivity contribution in [1.82, 2.24) is 0 Å². The highest BCUT2D eigenvalue weighted by Gasteiger charge is 2.04. The van der Waals surface area contributed by atoms with Gasteiger partial charge in [-0.1, -0.05) is 30.3 Å². The minimum Gasteiger partial charge on any atom is -0.207 e. The van der Waals surface area contributed by atoms with Crippen LogP contribution in [-0.2, 0) is 0 Å². The smallest absolute Gasteiger partial charge is 0.133 e. The monoisotopic (exact) mass is 240 g/mol. The van der Waals surface area contributed by atoms with Crippen LogP contribution in [0.15, 0.2) is 48.5 Å². The third-order valence-corrected chi connectivity index (χ3v) is 2.02. The third kappa shape index (κ3) is 3.04. The van der Waals surface area contributed by atoms with Crippen molar-refractivity contribution in [2.75, 3.05) is 6.38 Å². The Bertz CT molecular complexity index is 441. The molecule has 0 saturated heterocycles. The van der Waals surface area contributed by atoms with E-state index in [1.807, 2.05) is 18.2 Å². The number of hydrogen-bond acceptors (Lipinski definition) is 0. The molecular formula is C13H11ClF2. The summed E-state index contributed by atoms with van der Waals surface area (Å²) in [5, 5.41) is 0. The summed E-state index contributed by atoms with van der Waals surface area (Å²) in [5.41, 5.74) is 1.18. The molecule has 0 N–H and O–H groups in total. The number of rotatable bonds is 1. The van der Waals surface area contributed by atoms with Crippen molar-refractivity contribution in [2.24, 2.45) is 0 Å². The summed E-state index contributed by atoms with van der Waals surface area (Å²) in [6.45, 7) is 0. The Labute approximate surface area is 98.5 Å². The van der Waals surface area contributed by atoms with Crippen LogP contribution >= 0.6 is 11.6 Å². The van der Waals surface area contributed by atoms with Gasteiger partial charge in [-0.3, -0.25) is 0 Å². The average Bonchev–Trinajstić information content (AvgIpc) is 2.33. The molecule has 2 aromatic rings. The Morgan fingerprint density at radius 3 is 2.06 bits per heavy atom. The van der Waals surface area contributed by atoms with Crippen LogP contribution in [0.5, 0.6) is 0 Å². The topological polar surface area (TPSA) is 0 Å². The van der Waals surface area contributed by atoms with Crippen molar-refractivity contribution in [3.8, 4) is 11.1 Å². The van der Waals surface area contributed by atoms with Crippen LogP contribution < -0.4 is 0 Å². The van der Waals surface area contributed by atoms with Crippen molar-refractivity contribution >= 4 is 11.6 Å². The summed E-state index contributed by atoms with van der Waals surface area (Å²) in [6.07, 6.45) is 1.47. The van der Waals surface area contributed by atoms with E-state index in [4.69, 9.17) is 0 Å². The molecular weight excluding hydrogens is 230 g/mol. The van der Waals surface area contributed by atoms with E-state index in [1.54, 1.807) is 12.1 Å². The zero-order valence-corrected chi connectivity index (χ0v) is 9.51. The third-order valence-electron chi connectivity index (χ3n) is 2.02. The van der Waals surface area contributed by atoms with Gasteiger partial charge in [0.05, 0.1) is 0 Å². The molecule has 0 heterocycles. The van der Waals surface area contributed by atoms with Crippen LogP contribution in [0.2, 0.25) is 0 Å². The predicted molar refractivity (Wildman–Crippen MR) is 63.6 cm³/mol. The van der Waals surface area contributed by atoms with Crippen LogP contribution in [0.4, 0.5) is 8.78 Å². The van der Waals surface area contributed by atoms with E-state index in [2.05, 4.69) is 11.6 Å². The quantitative estimate of drug-likeness (QED) is 0.645. The molecule has 0 amide bonds. The van der Waals surface area contributed by atoms with Crippen LogP contribution in [-0.4, -0.2) is 6.38 Å². The van der Waals surface area contributed by atoms with Gasteiger partial charge >= 0.3 is 0 Å². The number of hydrogen-bond donors (Lipinski definition) is 0. The summed E-state index contributed by atoms with van der Waals surface area (Å²) in [7, 11) is 0. The van der Waals surface area contributed by atoms with E-state index in [-0.39, 0.29) is 0 Å². The summed E-state index contributed by atoms with van der Waals surface area (Å²) >= 11 is 4.64. The van der Waals surface area contributed by atoms with Crippen LogP contribution in [0.3, 0.4) is 0 Å². The SMILES string of the molecule is CCl.Fc1ccc(-c2ccccc2)c(F)c1. The maximum absolute atomic E-state index is 13.3. The van der Waals surface area contributed by atoms with Gasteiger partial charge in [-0.25, -0.2) is 8.78 Å². The van der Waals surface area contributed by atoms with Crippen molar-refractivity contribution in [1.29, 1.82) is 0 Å². The molecule has 0 unspecified atom stereocenters. The molecule has 0 aliphatic carbocycles. The van der Waals surface area contributed by atoms with Crippen molar-refractivity contribution in [3.05, 3.63) is 60.2 Å². The lowest BCUT2D eigenvalue weighted by molar-refractivity contribution is 0.585. The van der Waals surface area contributed by atoms with Gasteiger partial charge in [0, 0.05) is 18.0 Å². The zero-order chi connectivity index (χ0) is 12.0. The lowest BCUT2D eigenvalue weighted by Gasteiger charge is -2.02. The van der Waals surface area contributed by atoms with Gasteiger partial charge in [-0.2, -0.15) is 0 Å².